The number of pyridine rings is 1. The fraction of sp³-hybridized carbons (Fsp3) is 0.0667. The highest BCUT2D eigenvalue weighted by atomic mass is 32.1. The number of aryl methyl sites for hydroxylation is 2. The summed E-state index contributed by atoms with van der Waals surface area (Å²) in [5.74, 6) is 0.193. The van der Waals surface area contributed by atoms with Gasteiger partial charge < -0.3 is 9.30 Å². The maximum atomic E-state index is 13.5. The summed E-state index contributed by atoms with van der Waals surface area (Å²) in [7, 11) is 0. The number of nitrogens with one attached hydrogen (secondary N) is 1. The van der Waals surface area contributed by atoms with Gasteiger partial charge in [-0.05, 0) is 85.7 Å². The van der Waals surface area contributed by atoms with Crippen LogP contribution in [0.2, 0.25) is 0 Å². The lowest BCUT2D eigenvalue weighted by Gasteiger charge is -2.29. The summed E-state index contributed by atoms with van der Waals surface area (Å²) in [6, 6.07) is 25.9. The lowest BCUT2D eigenvalue weighted by Crippen LogP contribution is -2.54. The van der Waals surface area contributed by atoms with E-state index in [0.717, 1.165) is 16.8 Å². The monoisotopic (exact) mass is 537 g/mol. The van der Waals surface area contributed by atoms with E-state index in [0.29, 0.717) is 27.4 Å². The fourth-order valence-corrected chi connectivity index (χ4v) is 4.88. The van der Waals surface area contributed by atoms with E-state index in [1.807, 2.05) is 79.2 Å². The van der Waals surface area contributed by atoms with E-state index in [2.05, 4.69) is 5.32 Å². The van der Waals surface area contributed by atoms with Gasteiger partial charge in [0.05, 0.1) is 11.4 Å². The highest BCUT2D eigenvalue weighted by Crippen LogP contribution is 2.28. The number of carbonyl (C=O) groups excluding carboxylic acids is 2. The Morgan fingerprint density at radius 2 is 1.45 bits per heavy atom. The molecule has 0 aliphatic carbocycles. The summed E-state index contributed by atoms with van der Waals surface area (Å²) in [6.45, 7) is 4.03. The van der Waals surface area contributed by atoms with Crippen LogP contribution in [0.3, 0.4) is 0 Å². The van der Waals surface area contributed by atoms with Crippen molar-refractivity contribution < 1.29 is 14.3 Å². The molecule has 1 aliphatic heterocycles. The molecule has 1 N–H and O–H groups in total. The molecule has 6 nitrogen and oxygen atoms in total. The van der Waals surface area contributed by atoms with Crippen LogP contribution in [0.4, 0.5) is 5.69 Å². The molecule has 2 amide bonds. The number of ether oxygens (including phenoxy) is 1. The van der Waals surface area contributed by atoms with E-state index < -0.39 is 11.8 Å². The predicted octanol–water partition coefficient (Wildman–Crippen LogP) is 6.45. The van der Waals surface area contributed by atoms with Crippen molar-refractivity contribution in [2.24, 2.45) is 0 Å². The third-order valence-corrected chi connectivity index (χ3v) is 6.85. The van der Waals surface area contributed by atoms with E-state index in [1.165, 1.54) is 11.0 Å². The lowest BCUT2D eigenvalue weighted by atomic mass is 10.1. The smallest absolute Gasteiger partial charge is 0.270 e. The zero-order chi connectivity index (χ0) is 26.8. The maximum Gasteiger partial charge on any atom is 0.270 e. The van der Waals surface area contributed by atoms with Crippen molar-refractivity contribution in [1.29, 1.82) is 0 Å². The fourth-order valence-electron chi connectivity index (χ4n) is 4.32. The molecule has 1 aliphatic rings. The summed E-state index contributed by atoms with van der Waals surface area (Å²) in [5.41, 5.74) is 4.11. The van der Waals surface area contributed by atoms with Crippen molar-refractivity contribution in [2.75, 3.05) is 4.90 Å². The maximum absolute atomic E-state index is 13.5. The van der Waals surface area contributed by atoms with Gasteiger partial charge in [-0.3, -0.25) is 19.8 Å². The van der Waals surface area contributed by atoms with Crippen LogP contribution in [0, 0.1) is 18.5 Å². The molecular formula is C30H23N3O3S2. The Kier molecular flexibility index (Phi) is 7.00. The quantitative estimate of drug-likeness (QED) is 0.180. The van der Waals surface area contributed by atoms with Gasteiger partial charge in [-0.1, -0.05) is 54.7 Å². The molecule has 5 rings (SSSR count). The third kappa shape index (κ3) is 4.91. The summed E-state index contributed by atoms with van der Waals surface area (Å²) >= 11 is 11.1. The number of benzene rings is 3. The Labute approximate surface area is 230 Å². The number of hydrogen-bond donors (Lipinski definition) is 1. The van der Waals surface area contributed by atoms with Crippen LogP contribution in [0.1, 0.15) is 16.7 Å². The minimum Gasteiger partial charge on any atom is -0.457 e. The molecule has 1 saturated heterocycles. The van der Waals surface area contributed by atoms with E-state index in [-0.39, 0.29) is 10.7 Å². The third-order valence-electron chi connectivity index (χ3n) is 6.13. The Morgan fingerprint density at radius 3 is 2.13 bits per heavy atom. The van der Waals surface area contributed by atoms with Crippen molar-refractivity contribution in [2.45, 2.75) is 13.8 Å². The van der Waals surface area contributed by atoms with Crippen LogP contribution in [0.25, 0.3) is 11.8 Å². The second-order valence-electron chi connectivity index (χ2n) is 8.75. The van der Waals surface area contributed by atoms with E-state index in [1.54, 1.807) is 30.3 Å². The van der Waals surface area contributed by atoms with Gasteiger partial charge in [-0.25, -0.2) is 0 Å². The molecule has 38 heavy (non-hydrogen) atoms. The zero-order valence-electron chi connectivity index (χ0n) is 20.7. The lowest BCUT2D eigenvalue weighted by molar-refractivity contribution is -0.122. The highest BCUT2D eigenvalue weighted by molar-refractivity contribution is 7.80. The molecule has 0 bridgehead atoms. The predicted molar refractivity (Wildman–Crippen MR) is 155 cm³/mol. The van der Waals surface area contributed by atoms with Crippen molar-refractivity contribution in [3.05, 3.63) is 118 Å². The van der Waals surface area contributed by atoms with Gasteiger partial charge in [0.1, 0.15) is 21.7 Å². The number of para-hydroxylation sites is 2. The molecule has 0 atom stereocenters. The van der Waals surface area contributed by atoms with Gasteiger partial charge in [0.25, 0.3) is 11.8 Å². The van der Waals surface area contributed by atoms with Gasteiger partial charge in [-0.2, -0.15) is 0 Å². The van der Waals surface area contributed by atoms with Gasteiger partial charge >= 0.3 is 0 Å². The number of carbonyl (C=O) groups is 2. The molecule has 4 aromatic rings. The number of amides is 2. The van der Waals surface area contributed by atoms with E-state index in [9.17, 15) is 9.59 Å². The molecule has 0 radical (unpaired) electrons. The number of nitrogens with zero attached hydrogens (tertiary/aromatic N) is 2. The largest absolute Gasteiger partial charge is 0.457 e. The number of hydrogen-bond acceptors (Lipinski definition) is 5. The molecule has 0 unspecified atom stereocenters. The molecule has 0 saturated carbocycles. The first-order valence-corrected chi connectivity index (χ1v) is 12.7. The summed E-state index contributed by atoms with van der Waals surface area (Å²) in [6.07, 6.45) is 3.40. The summed E-state index contributed by atoms with van der Waals surface area (Å²) < 4.78 is 8.22. The first-order valence-electron chi connectivity index (χ1n) is 11.9. The molecule has 8 heteroatoms. The van der Waals surface area contributed by atoms with Crippen LogP contribution >= 0.6 is 24.4 Å². The van der Waals surface area contributed by atoms with Gasteiger partial charge in [-0.15, -0.1) is 0 Å². The summed E-state index contributed by atoms with van der Waals surface area (Å²) in [4.78, 5) is 27.7. The van der Waals surface area contributed by atoms with Crippen molar-refractivity contribution in [1.82, 2.24) is 9.88 Å². The Balaban J connectivity index is 1.47. The van der Waals surface area contributed by atoms with Crippen molar-refractivity contribution >= 4 is 53.1 Å². The second kappa shape index (κ2) is 10.5. The summed E-state index contributed by atoms with van der Waals surface area (Å²) in [5, 5.41) is 2.63. The zero-order valence-corrected chi connectivity index (χ0v) is 22.3. The van der Waals surface area contributed by atoms with Crippen molar-refractivity contribution in [3.8, 4) is 17.2 Å². The number of thiocarbonyl (C=S) groups is 1. The van der Waals surface area contributed by atoms with E-state index in [4.69, 9.17) is 29.2 Å². The van der Waals surface area contributed by atoms with Crippen LogP contribution in [-0.2, 0) is 9.59 Å². The Hall–Kier alpha value is -4.40. The first kappa shape index (κ1) is 25.3. The van der Waals surface area contributed by atoms with Crippen LogP contribution < -0.4 is 15.0 Å². The van der Waals surface area contributed by atoms with Gasteiger partial charge in [0.15, 0.2) is 5.11 Å². The molecular weight excluding hydrogens is 514 g/mol. The van der Waals surface area contributed by atoms with Crippen molar-refractivity contribution in [3.63, 3.8) is 0 Å². The van der Waals surface area contributed by atoms with E-state index >= 15 is 0 Å². The average Bonchev–Trinajstić information content (AvgIpc) is 2.89. The average molecular weight is 538 g/mol. The van der Waals surface area contributed by atoms with Crippen LogP contribution in [0.15, 0.2) is 96.7 Å². The molecule has 1 aromatic heterocycles. The molecule has 188 valence electrons. The van der Waals surface area contributed by atoms with Crippen LogP contribution in [-0.4, -0.2) is 21.5 Å². The first-order chi connectivity index (χ1) is 18.3. The number of aromatic nitrogens is 1. The SMILES string of the molecule is Cc1cccc(C)c1-n1cccc(C=C2C(=O)NC(=S)N(c3ccc(Oc4ccccc4)cc3)C2=O)c1=S. The normalized spacial score (nSPS) is 14.5. The van der Waals surface area contributed by atoms with Gasteiger partial charge in [0, 0.05) is 11.8 Å². The molecule has 0 spiro atoms. The second-order valence-corrected chi connectivity index (χ2v) is 9.52. The minimum absolute atomic E-state index is 0.00568. The van der Waals surface area contributed by atoms with Gasteiger partial charge in [0.2, 0.25) is 0 Å². The molecule has 1 fully saturated rings. The Morgan fingerprint density at radius 1 is 0.789 bits per heavy atom. The molecule has 3 aromatic carbocycles. The highest BCUT2D eigenvalue weighted by Gasteiger charge is 2.34. The Bertz CT molecular complexity index is 1640. The number of anilines is 1. The number of rotatable bonds is 5. The minimum atomic E-state index is -0.572. The topological polar surface area (TPSA) is 63.6 Å². The standard InChI is InChI=1S/C30H23N3O3S2/c1-19-8-6-9-20(2)26(19)32-17-7-10-21(29(32)37)18-25-27(34)31-30(38)33(28(25)35)22-13-15-24(16-14-22)36-23-11-4-3-5-12-23/h3-18H,1-2H3,(H,31,34,38). The van der Waals surface area contributed by atoms with Crippen LogP contribution in [0.5, 0.6) is 11.5 Å². The molecule has 2 heterocycles.